The van der Waals surface area contributed by atoms with Crippen LogP contribution in [0, 0.1) is 18.6 Å². The molecule has 5 rings (SSSR count). The van der Waals surface area contributed by atoms with Gasteiger partial charge in [0, 0.05) is 47.5 Å². The zero-order chi connectivity index (χ0) is 22.1. The van der Waals surface area contributed by atoms with E-state index in [1.54, 1.807) is 18.2 Å². The molecule has 1 aliphatic rings. The van der Waals surface area contributed by atoms with E-state index in [9.17, 15) is 8.78 Å². The predicted molar refractivity (Wildman–Crippen MR) is 124 cm³/mol. The maximum absolute atomic E-state index is 13.8. The summed E-state index contributed by atoms with van der Waals surface area (Å²) >= 11 is 0. The van der Waals surface area contributed by atoms with Crippen molar-refractivity contribution in [2.24, 2.45) is 0 Å². The lowest BCUT2D eigenvalue weighted by molar-refractivity contribution is 0.199. The van der Waals surface area contributed by atoms with Crippen LogP contribution in [0.3, 0.4) is 0 Å². The number of aryl methyl sites for hydroxylation is 1. The number of pyridine rings is 1. The van der Waals surface area contributed by atoms with Crippen LogP contribution in [0.5, 0.6) is 0 Å². The average molecular weight is 432 g/mol. The van der Waals surface area contributed by atoms with Gasteiger partial charge in [-0.25, -0.2) is 8.78 Å². The van der Waals surface area contributed by atoms with Crippen LogP contribution in [0.25, 0.3) is 10.9 Å². The Morgan fingerprint density at radius 3 is 2.72 bits per heavy atom. The number of nitrogens with one attached hydrogen (secondary N) is 1. The summed E-state index contributed by atoms with van der Waals surface area (Å²) in [7, 11) is 0. The molecule has 164 valence electrons. The number of halogens is 2. The number of hydrogen-bond acceptors (Lipinski definition) is 2. The van der Waals surface area contributed by atoms with E-state index >= 15 is 0 Å². The van der Waals surface area contributed by atoms with Gasteiger partial charge < -0.3 is 4.98 Å². The number of H-pyrrole nitrogens is 1. The fraction of sp³-hybridized carbons (Fsp3) is 0.296. The first-order valence-electron chi connectivity index (χ1n) is 11.2. The highest BCUT2D eigenvalue weighted by atomic mass is 19.1. The molecule has 1 saturated heterocycles. The van der Waals surface area contributed by atoms with Gasteiger partial charge >= 0.3 is 0 Å². The van der Waals surface area contributed by atoms with Crippen LogP contribution in [0.2, 0.25) is 0 Å². The molecule has 1 atom stereocenters. The molecule has 3 heterocycles. The van der Waals surface area contributed by atoms with Crippen molar-refractivity contribution in [3.8, 4) is 0 Å². The van der Waals surface area contributed by atoms with Crippen molar-refractivity contribution < 1.29 is 8.78 Å². The second-order valence-corrected chi connectivity index (χ2v) is 8.89. The summed E-state index contributed by atoms with van der Waals surface area (Å²) < 4.78 is 27.3. The first-order chi connectivity index (χ1) is 15.5. The Hall–Kier alpha value is -3.05. The number of piperidine rings is 1. The zero-order valence-corrected chi connectivity index (χ0v) is 18.2. The number of rotatable bonds is 5. The van der Waals surface area contributed by atoms with Gasteiger partial charge in [0.05, 0.1) is 0 Å². The smallest absolute Gasteiger partial charge is 0.123 e. The van der Waals surface area contributed by atoms with Gasteiger partial charge in [-0.1, -0.05) is 18.2 Å². The molecule has 3 nitrogen and oxygen atoms in total. The first kappa shape index (κ1) is 20.8. The predicted octanol–water partition coefficient (Wildman–Crippen LogP) is 6.12. The molecule has 4 aromatic rings. The molecule has 0 bridgehead atoms. The fourth-order valence-corrected chi connectivity index (χ4v) is 4.89. The van der Waals surface area contributed by atoms with Crippen molar-refractivity contribution in [1.82, 2.24) is 14.9 Å². The van der Waals surface area contributed by atoms with Gasteiger partial charge in [-0.15, -0.1) is 0 Å². The molecule has 0 saturated carbocycles. The van der Waals surface area contributed by atoms with Gasteiger partial charge in [0.15, 0.2) is 0 Å². The van der Waals surface area contributed by atoms with Gasteiger partial charge in [0.1, 0.15) is 11.6 Å². The Morgan fingerprint density at radius 1 is 1.03 bits per heavy atom. The van der Waals surface area contributed by atoms with E-state index in [-0.39, 0.29) is 11.6 Å². The summed E-state index contributed by atoms with van der Waals surface area (Å²) in [5, 5.41) is 0.976. The van der Waals surface area contributed by atoms with Crippen molar-refractivity contribution in [2.75, 3.05) is 13.1 Å². The number of benzene rings is 2. The molecule has 1 N–H and O–H groups in total. The zero-order valence-electron chi connectivity index (χ0n) is 18.2. The Kier molecular flexibility index (Phi) is 5.75. The highest BCUT2D eigenvalue weighted by molar-refractivity contribution is 5.84. The second kappa shape index (κ2) is 8.83. The molecule has 0 radical (unpaired) electrons. The number of aromatic amines is 1. The van der Waals surface area contributed by atoms with Gasteiger partial charge in [0.25, 0.3) is 0 Å². The molecule has 0 unspecified atom stereocenters. The molecule has 5 heteroatoms. The monoisotopic (exact) mass is 431 g/mol. The standard InChI is InChI=1S/C27H27F2N3/c1-18-25(24-14-23(29)8-10-27(24)31-18)17-32-11-3-5-21(16-32)26-9-7-20(15-30-26)12-19-4-2-6-22(28)13-19/h2,4,6-10,13-15,21,31H,3,5,11-12,16-17H2,1H3/t21-/m0/s1. The minimum absolute atomic E-state index is 0.197. The molecule has 32 heavy (non-hydrogen) atoms. The van der Waals surface area contributed by atoms with Crippen molar-refractivity contribution in [2.45, 2.75) is 38.6 Å². The normalized spacial score (nSPS) is 17.2. The van der Waals surface area contributed by atoms with Crippen LogP contribution in [0.4, 0.5) is 8.78 Å². The van der Waals surface area contributed by atoms with Crippen molar-refractivity contribution in [3.05, 3.63) is 101 Å². The largest absolute Gasteiger partial charge is 0.358 e. The minimum atomic E-state index is -0.206. The molecule has 0 aliphatic carbocycles. The van der Waals surface area contributed by atoms with Gasteiger partial charge in [-0.05, 0) is 85.8 Å². The van der Waals surface area contributed by atoms with Crippen LogP contribution in [0.15, 0.2) is 60.8 Å². The number of fused-ring (bicyclic) bond motifs is 1. The molecular formula is C27H27F2N3. The minimum Gasteiger partial charge on any atom is -0.358 e. The SMILES string of the molecule is Cc1[nH]c2ccc(F)cc2c1CN1CCC[C@H](c2ccc(Cc3cccc(F)c3)cn2)C1. The summed E-state index contributed by atoms with van der Waals surface area (Å²) in [6.07, 6.45) is 4.84. The number of hydrogen-bond donors (Lipinski definition) is 1. The summed E-state index contributed by atoms with van der Waals surface area (Å²) in [5.41, 5.74) is 6.42. The van der Waals surface area contributed by atoms with E-state index in [2.05, 4.69) is 28.9 Å². The van der Waals surface area contributed by atoms with E-state index in [1.807, 2.05) is 18.3 Å². The van der Waals surface area contributed by atoms with E-state index < -0.39 is 0 Å². The third kappa shape index (κ3) is 4.44. The third-order valence-corrected chi connectivity index (χ3v) is 6.53. The molecule has 2 aromatic carbocycles. The Bertz CT molecular complexity index is 1230. The number of aromatic nitrogens is 2. The number of nitrogens with zero attached hydrogens (tertiary/aromatic N) is 2. The molecule has 2 aromatic heterocycles. The summed E-state index contributed by atoms with van der Waals surface area (Å²) in [4.78, 5) is 10.6. The van der Waals surface area contributed by atoms with Crippen LogP contribution in [0.1, 0.15) is 46.8 Å². The van der Waals surface area contributed by atoms with Crippen molar-refractivity contribution in [3.63, 3.8) is 0 Å². The lowest BCUT2D eigenvalue weighted by Gasteiger charge is -2.32. The Morgan fingerprint density at radius 2 is 1.91 bits per heavy atom. The third-order valence-electron chi connectivity index (χ3n) is 6.53. The lowest BCUT2D eigenvalue weighted by Crippen LogP contribution is -2.34. The van der Waals surface area contributed by atoms with Gasteiger partial charge in [-0.2, -0.15) is 0 Å². The molecule has 1 fully saturated rings. The van der Waals surface area contributed by atoms with E-state index in [0.29, 0.717) is 12.3 Å². The van der Waals surface area contributed by atoms with Crippen LogP contribution >= 0.6 is 0 Å². The fourth-order valence-electron chi connectivity index (χ4n) is 4.89. The first-order valence-corrected chi connectivity index (χ1v) is 11.2. The lowest BCUT2D eigenvalue weighted by atomic mass is 9.93. The summed E-state index contributed by atoms with van der Waals surface area (Å²) in [6.45, 7) is 4.85. The van der Waals surface area contributed by atoms with Crippen LogP contribution in [-0.4, -0.2) is 28.0 Å². The Balaban J connectivity index is 1.28. The summed E-state index contributed by atoms with van der Waals surface area (Å²) in [5.74, 6) is -0.0198. The number of likely N-dealkylation sites (tertiary alicyclic amines) is 1. The van der Waals surface area contributed by atoms with E-state index in [0.717, 1.165) is 65.9 Å². The highest BCUT2D eigenvalue weighted by Gasteiger charge is 2.24. The molecule has 0 amide bonds. The highest BCUT2D eigenvalue weighted by Crippen LogP contribution is 2.30. The molecular weight excluding hydrogens is 404 g/mol. The van der Waals surface area contributed by atoms with Crippen LogP contribution in [-0.2, 0) is 13.0 Å². The summed E-state index contributed by atoms with van der Waals surface area (Å²) in [6, 6.07) is 15.9. The van der Waals surface area contributed by atoms with Crippen molar-refractivity contribution >= 4 is 10.9 Å². The molecule has 0 spiro atoms. The maximum atomic E-state index is 13.8. The molecule has 1 aliphatic heterocycles. The van der Waals surface area contributed by atoms with Gasteiger partial charge in [-0.3, -0.25) is 9.88 Å². The Labute approximate surface area is 187 Å². The van der Waals surface area contributed by atoms with Crippen LogP contribution < -0.4 is 0 Å². The van der Waals surface area contributed by atoms with E-state index in [4.69, 9.17) is 4.98 Å². The quantitative estimate of drug-likeness (QED) is 0.413. The second-order valence-electron chi connectivity index (χ2n) is 8.89. The topological polar surface area (TPSA) is 31.9 Å². The van der Waals surface area contributed by atoms with Gasteiger partial charge in [0.2, 0.25) is 0 Å². The van der Waals surface area contributed by atoms with Crippen molar-refractivity contribution in [1.29, 1.82) is 0 Å². The average Bonchev–Trinajstić information content (AvgIpc) is 3.09. The maximum Gasteiger partial charge on any atom is 0.123 e. The van der Waals surface area contributed by atoms with E-state index in [1.165, 1.54) is 17.7 Å².